The lowest BCUT2D eigenvalue weighted by Crippen LogP contribution is -2.29. The number of hydrogen-bond acceptors (Lipinski definition) is 8. The third-order valence-corrected chi connectivity index (χ3v) is 5.30. The average molecular weight is 510 g/mol. The van der Waals surface area contributed by atoms with Crippen LogP contribution in [0.2, 0.25) is 0 Å². The van der Waals surface area contributed by atoms with Crippen LogP contribution in [-0.2, 0) is 13.6 Å². The zero-order valence-electron chi connectivity index (χ0n) is 18.9. The van der Waals surface area contributed by atoms with Crippen LogP contribution in [0.4, 0.5) is 11.6 Å². The van der Waals surface area contributed by atoms with Gasteiger partial charge in [0.05, 0.1) is 22.7 Å². The van der Waals surface area contributed by atoms with Crippen LogP contribution < -0.4 is 21.4 Å². The molecule has 184 valence electrons. The molecule has 4 rings (SSSR count). The Morgan fingerprint density at radius 1 is 1.22 bits per heavy atom. The number of nitro groups is 1. The third kappa shape index (κ3) is 5.50. The first kappa shape index (κ1) is 24.4. The molecule has 0 saturated heterocycles. The van der Waals surface area contributed by atoms with Crippen LogP contribution in [0.5, 0.6) is 5.75 Å². The highest BCUT2D eigenvalue weighted by Gasteiger charge is 2.17. The van der Waals surface area contributed by atoms with Crippen molar-refractivity contribution in [2.24, 2.45) is 12.1 Å². The number of nitrogens with one attached hydrogen (secondary N) is 2. The Balaban J connectivity index is 1.57. The highest BCUT2D eigenvalue weighted by Crippen LogP contribution is 2.17. The van der Waals surface area contributed by atoms with Crippen molar-refractivity contribution in [1.29, 1.82) is 0 Å². The molecule has 0 fully saturated rings. The van der Waals surface area contributed by atoms with Crippen LogP contribution in [-0.4, -0.2) is 36.8 Å². The van der Waals surface area contributed by atoms with Crippen molar-refractivity contribution >= 4 is 46.7 Å². The van der Waals surface area contributed by atoms with E-state index in [-0.39, 0.29) is 41.0 Å². The van der Waals surface area contributed by atoms with Crippen molar-refractivity contribution in [3.8, 4) is 5.75 Å². The quantitative estimate of drug-likeness (QED) is 0.200. The lowest BCUT2D eigenvalue weighted by molar-refractivity contribution is -0.384. The number of allylic oxidation sites excluding steroid dienone is 1. The van der Waals surface area contributed by atoms with Crippen molar-refractivity contribution in [3.05, 3.63) is 96.1 Å². The number of fused-ring (bicyclic) bond motifs is 1. The summed E-state index contributed by atoms with van der Waals surface area (Å²) in [5, 5.41) is 15.1. The predicted molar refractivity (Wildman–Crippen MR) is 137 cm³/mol. The summed E-state index contributed by atoms with van der Waals surface area (Å²) < 4.78 is 8.52. The van der Waals surface area contributed by atoms with Crippen molar-refractivity contribution in [2.75, 3.05) is 12.0 Å². The number of halogens is 1. The minimum atomic E-state index is -0.596. The lowest BCUT2D eigenvalue weighted by atomic mass is 10.2. The summed E-state index contributed by atoms with van der Waals surface area (Å²) in [5.74, 6) is 0.864. The highest BCUT2D eigenvalue weighted by molar-refractivity contribution is 6.41. The summed E-state index contributed by atoms with van der Waals surface area (Å²) >= 11 is 6.22. The molecule has 0 atom stereocenters. The first-order chi connectivity index (χ1) is 17.3. The van der Waals surface area contributed by atoms with Gasteiger partial charge in [0.2, 0.25) is 5.95 Å². The molecule has 2 aromatic carbocycles. The Kier molecular flexibility index (Phi) is 7.25. The number of aromatic amines is 1. The topological polar surface area (TPSA) is 149 Å². The zero-order chi connectivity index (χ0) is 25.7. The van der Waals surface area contributed by atoms with Gasteiger partial charge in [-0.25, -0.2) is 10.2 Å². The number of benzene rings is 2. The fraction of sp³-hybridized carbons (Fsp3) is 0.130. The molecule has 2 aromatic heterocycles. The van der Waals surface area contributed by atoms with E-state index in [0.717, 1.165) is 0 Å². The molecule has 2 heterocycles. The first-order valence-electron chi connectivity index (χ1n) is 10.6. The number of aryl methyl sites for hydroxylation is 1. The number of hydrogen-bond donors (Lipinski definition) is 2. The van der Waals surface area contributed by atoms with Gasteiger partial charge in [-0.2, -0.15) is 10.1 Å². The van der Waals surface area contributed by atoms with Crippen LogP contribution in [0.3, 0.4) is 0 Å². The maximum absolute atomic E-state index is 12.6. The molecule has 0 unspecified atom stereocenters. The Labute approximate surface area is 208 Å². The van der Waals surface area contributed by atoms with Crippen LogP contribution in [0, 0.1) is 10.1 Å². The van der Waals surface area contributed by atoms with Gasteiger partial charge in [-0.15, -0.1) is 0 Å². The number of H-pyrrole nitrogens is 1. The molecule has 0 aliphatic heterocycles. The van der Waals surface area contributed by atoms with E-state index in [1.165, 1.54) is 30.0 Å². The molecule has 0 aliphatic rings. The van der Waals surface area contributed by atoms with E-state index in [2.05, 4.69) is 20.5 Å². The molecule has 4 aromatic rings. The van der Waals surface area contributed by atoms with E-state index in [9.17, 15) is 19.7 Å². The standard InChI is InChI=1S/C23H20ClN7O5/c1-29-20-19(21(32)27-23(29)33)30(11-12-36-18-5-3-2-4-6-18)22(26-20)28-25-14-16(24)13-15-7-9-17(10-8-15)31(34)35/h2-10,13-14H,11-12H2,1H3,(H,26,28)(H,27,32,33)/b16-13-,25-14?. The second kappa shape index (κ2) is 10.7. The summed E-state index contributed by atoms with van der Waals surface area (Å²) in [6, 6.07) is 15.0. The van der Waals surface area contributed by atoms with Crippen LogP contribution in [0.15, 0.2) is 74.3 Å². The van der Waals surface area contributed by atoms with Crippen molar-refractivity contribution in [1.82, 2.24) is 19.1 Å². The van der Waals surface area contributed by atoms with E-state index in [4.69, 9.17) is 16.3 Å². The van der Waals surface area contributed by atoms with Crippen molar-refractivity contribution in [2.45, 2.75) is 6.54 Å². The van der Waals surface area contributed by atoms with E-state index in [1.54, 1.807) is 22.8 Å². The number of hydrazone groups is 1. The van der Waals surface area contributed by atoms with E-state index in [0.29, 0.717) is 11.3 Å². The molecule has 36 heavy (non-hydrogen) atoms. The van der Waals surface area contributed by atoms with Gasteiger partial charge in [0.25, 0.3) is 11.2 Å². The number of nitrogens with zero attached hydrogens (tertiary/aromatic N) is 5. The molecule has 0 spiro atoms. The smallest absolute Gasteiger partial charge is 0.329 e. The molecular formula is C23H20ClN7O5. The Morgan fingerprint density at radius 3 is 2.64 bits per heavy atom. The highest BCUT2D eigenvalue weighted by atomic mass is 35.5. The van der Waals surface area contributed by atoms with Gasteiger partial charge < -0.3 is 4.74 Å². The van der Waals surface area contributed by atoms with Gasteiger partial charge in [-0.1, -0.05) is 29.8 Å². The Morgan fingerprint density at radius 2 is 1.94 bits per heavy atom. The number of aromatic nitrogens is 4. The maximum Gasteiger partial charge on any atom is 0.329 e. The number of non-ortho nitro benzene ring substituents is 1. The third-order valence-electron chi connectivity index (χ3n) is 5.09. The van der Waals surface area contributed by atoms with Crippen molar-refractivity contribution in [3.63, 3.8) is 0 Å². The average Bonchev–Trinajstić information content (AvgIpc) is 3.22. The maximum atomic E-state index is 12.6. The molecule has 0 radical (unpaired) electrons. The molecule has 0 saturated carbocycles. The van der Waals surface area contributed by atoms with Gasteiger partial charge >= 0.3 is 5.69 Å². The molecule has 13 heteroatoms. The number of ether oxygens (including phenoxy) is 1. The van der Waals surface area contributed by atoms with Gasteiger partial charge in [0, 0.05) is 19.2 Å². The number of para-hydroxylation sites is 1. The summed E-state index contributed by atoms with van der Waals surface area (Å²) in [5.41, 5.74) is 2.53. The second-order valence-corrected chi connectivity index (χ2v) is 7.92. The van der Waals surface area contributed by atoms with Crippen LogP contribution >= 0.6 is 11.6 Å². The zero-order valence-corrected chi connectivity index (χ0v) is 19.7. The summed E-state index contributed by atoms with van der Waals surface area (Å²) in [7, 11) is 1.50. The normalized spacial score (nSPS) is 11.8. The van der Waals surface area contributed by atoms with E-state index < -0.39 is 16.2 Å². The predicted octanol–water partition coefficient (Wildman–Crippen LogP) is 3.09. The molecule has 0 amide bonds. The van der Waals surface area contributed by atoms with E-state index in [1.807, 2.05) is 30.3 Å². The number of rotatable bonds is 9. The molecular weight excluding hydrogens is 490 g/mol. The monoisotopic (exact) mass is 509 g/mol. The summed E-state index contributed by atoms with van der Waals surface area (Å²) in [6.45, 7) is 0.452. The summed E-state index contributed by atoms with van der Waals surface area (Å²) in [6.07, 6.45) is 2.89. The molecule has 12 nitrogen and oxygen atoms in total. The SMILES string of the molecule is Cn1c(=O)[nH]c(=O)c2c1nc(NN=C/C(Cl)=C/c1ccc([N+](=O)[O-])cc1)n2CCOc1ccccc1. The number of imidazole rings is 1. The molecule has 0 aliphatic carbocycles. The summed E-state index contributed by atoms with van der Waals surface area (Å²) in [4.78, 5) is 41.5. The second-order valence-electron chi connectivity index (χ2n) is 7.49. The van der Waals surface area contributed by atoms with Crippen LogP contribution in [0.25, 0.3) is 17.2 Å². The number of nitro benzene ring substituents is 1. The first-order valence-corrected chi connectivity index (χ1v) is 11.0. The molecule has 0 bridgehead atoms. The Bertz CT molecular complexity index is 1570. The van der Waals surface area contributed by atoms with Crippen molar-refractivity contribution < 1.29 is 9.66 Å². The lowest BCUT2D eigenvalue weighted by Gasteiger charge is -2.10. The Hall–Kier alpha value is -4.71. The fourth-order valence-electron chi connectivity index (χ4n) is 3.35. The largest absolute Gasteiger partial charge is 0.492 e. The number of anilines is 1. The van der Waals surface area contributed by atoms with Gasteiger partial charge in [-0.3, -0.25) is 29.0 Å². The fourth-order valence-corrected chi connectivity index (χ4v) is 3.52. The molecule has 2 N–H and O–H groups in total. The van der Waals surface area contributed by atoms with Gasteiger partial charge in [0.1, 0.15) is 12.4 Å². The minimum absolute atomic E-state index is 0.0295. The minimum Gasteiger partial charge on any atom is -0.492 e. The van der Waals surface area contributed by atoms with E-state index >= 15 is 0 Å². The van der Waals surface area contributed by atoms with Gasteiger partial charge in [0.15, 0.2) is 11.2 Å². The van der Waals surface area contributed by atoms with Gasteiger partial charge in [-0.05, 0) is 35.9 Å². The van der Waals surface area contributed by atoms with Crippen LogP contribution in [0.1, 0.15) is 5.56 Å².